The molecule has 0 aromatic rings. The van der Waals surface area contributed by atoms with Gasteiger partial charge < -0.3 is 24.9 Å². The van der Waals surface area contributed by atoms with Crippen LogP contribution in [0.5, 0.6) is 0 Å². The lowest BCUT2D eigenvalue weighted by molar-refractivity contribution is -0.323. The van der Waals surface area contributed by atoms with Gasteiger partial charge in [-0.1, -0.05) is 13.8 Å². The van der Waals surface area contributed by atoms with Crippen LogP contribution in [0, 0.1) is 23.7 Å². The van der Waals surface area contributed by atoms with Crippen LogP contribution in [-0.4, -0.2) is 41.0 Å². The highest BCUT2D eigenvalue weighted by atomic mass is 19.4. The number of piperidine rings is 1. The fourth-order valence-electron chi connectivity index (χ4n) is 2.70. The molecule has 10 heteroatoms. The molecule has 1 aliphatic rings. The molecule has 5 unspecified atom stereocenters. The molecular formula is C12H17F3NO6-. The molecule has 3 N–H and O–H groups in total. The van der Waals surface area contributed by atoms with Crippen molar-refractivity contribution in [2.75, 3.05) is 0 Å². The van der Waals surface area contributed by atoms with Gasteiger partial charge in [-0.05, 0) is 18.3 Å². The summed E-state index contributed by atoms with van der Waals surface area (Å²) in [5.74, 6) is -8.47. The van der Waals surface area contributed by atoms with Crippen molar-refractivity contribution in [3.63, 3.8) is 0 Å². The van der Waals surface area contributed by atoms with E-state index >= 15 is 0 Å². The van der Waals surface area contributed by atoms with Gasteiger partial charge >= 0.3 is 12.3 Å². The highest BCUT2D eigenvalue weighted by Gasteiger charge is 2.50. The van der Waals surface area contributed by atoms with E-state index < -0.39 is 48.5 Å². The van der Waals surface area contributed by atoms with E-state index in [1.807, 2.05) is 5.32 Å². The number of hydrogen-bond donors (Lipinski definition) is 3. The van der Waals surface area contributed by atoms with Crippen LogP contribution in [0.1, 0.15) is 20.3 Å². The number of aliphatic carboxylic acids is 1. The minimum absolute atomic E-state index is 0.0218. The summed E-state index contributed by atoms with van der Waals surface area (Å²) >= 11 is 0. The van der Waals surface area contributed by atoms with Gasteiger partial charge in [-0.3, -0.25) is 10.1 Å². The van der Waals surface area contributed by atoms with Crippen molar-refractivity contribution in [1.82, 2.24) is 5.32 Å². The van der Waals surface area contributed by atoms with Crippen LogP contribution in [-0.2, 0) is 14.3 Å². The molecule has 1 rings (SSSR count). The number of hydrogen-bond acceptors (Lipinski definition) is 7. The Morgan fingerprint density at radius 2 is 1.73 bits per heavy atom. The number of carbonyl (C=O) groups is 2. The number of carboxylic acids is 1. The Kier molecular flexibility index (Phi) is 5.76. The zero-order valence-electron chi connectivity index (χ0n) is 11.8. The highest BCUT2D eigenvalue weighted by molar-refractivity contribution is 5.76. The average Bonchev–Trinajstić information content (AvgIpc) is 2.23. The summed E-state index contributed by atoms with van der Waals surface area (Å²) in [6, 6.07) is 0. The maximum Gasteiger partial charge on any atom is 0.575 e. The van der Waals surface area contributed by atoms with Crippen molar-refractivity contribution in [2.45, 2.75) is 39.1 Å². The van der Waals surface area contributed by atoms with Crippen LogP contribution < -0.4 is 10.4 Å². The third-order valence-corrected chi connectivity index (χ3v) is 3.45. The number of ether oxygens (including phenoxy) is 1. The SMILES string of the molecule is CC(C)CC1C(C(=O)[O-])C(O)NC(O)C1C(=O)OC(F)(F)F. The summed E-state index contributed by atoms with van der Waals surface area (Å²) < 4.78 is 39.8. The molecule has 1 fully saturated rings. The van der Waals surface area contributed by atoms with E-state index in [0.717, 1.165) is 0 Å². The molecule has 5 atom stereocenters. The van der Waals surface area contributed by atoms with E-state index in [1.54, 1.807) is 13.8 Å². The monoisotopic (exact) mass is 328 g/mol. The fourth-order valence-corrected chi connectivity index (χ4v) is 2.70. The van der Waals surface area contributed by atoms with Gasteiger partial charge in [0, 0.05) is 11.9 Å². The first-order chi connectivity index (χ1) is 9.94. The molecule has 1 heterocycles. The van der Waals surface area contributed by atoms with Gasteiger partial charge in [-0.2, -0.15) is 0 Å². The Labute approximate surface area is 124 Å². The Morgan fingerprint density at radius 3 is 2.14 bits per heavy atom. The third kappa shape index (κ3) is 4.55. The smallest absolute Gasteiger partial charge is 0.550 e. The van der Waals surface area contributed by atoms with E-state index in [1.165, 1.54) is 0 Å². The largest absolute Gasteiger partial charge is 0.575 e. The van der Waals surface area contributed by atoms with E-state index in [0.29, 0.717) is 0 Å². The molecule has 128 valence electrons. The minimum Gasteiger partial charge on any atom is -0.550 e. The van der Waals surface area contributed by atoms with Crippen LogP contribution in [0.4, 0.5) is 13.2 Å². The number of carboxylic acid groups (broad SMARTS) is 1. The second-order valence-corrected chi connectivity index (χ2v) is 5.59. The summed E-state index contributed by atoms with van der Waals surface area (Å²) in [5, 5.41) is 32.5. The number of aliphatic hydroxyl groups excluding tert-OH is 2. The predicted molar refractivity (Wildman–Crippen MR) is 62.2 cm³/mol. The van der Waals surface area contributed by atoms with Gasteiger partial charge in [0.05, 0.1) is 0 Å². The minimum atomic E-state index is -5.26. The van der Waals surface area contributed by atoms with Gasteiger partial charge in [0.2, 0.25) is 0 Å². The van der Waals surface area contributed by atoms with Crippen LogP contribution >= 0.6 is 0 Å². The predicted octanol–water partition coefficient (Wildman–Crippen LogP) is -1.07. The molecule has 1 saturated heterocycles. The fraction of sp³-hybridized carbons (Fsp3) is 0.833. The first-order valence-electron chi connectivity index (χ1n) is 6.56. The zero-order chi connectivity index (χ0) is 17.2. The molecule has 0 spiro atoms. The van der Waals surface area contributed by atoms with Crippen LogP contribution in [0.25, 0.3) is 0 Å². The molecule has 7 nitrogen and oxygen atoms in total. The summed E-state index contributed by atoms with van der Waals surface area (Å²) in [6.07, 6.45) is -8.90. The van der Waals surface area contributed by atoms with Crippen LogP contribution in [0.3, 0.4) is 0 Å². The van der Waals surface area contributed by atoms with Crippen molar-refractivity contribution in [3.8, 4) is 0 Å². The lowest BCUT2D eigenvalue weighted by atomic mass is 9.72. The second-order valence-electron chi connectivity index (χ2n) is 5.59. The molecule has 0 amide bonds. The number of halogens is 3. The number of aliphatic hydroxyl groups is 2. The van der Waals surface area contributed by atoms with Crippen molar-refractivity contribution in [3.05, 3.63) is 0 Å². The van der Waals surface area contributed by atoms with E-state index in [2.05, 4.69) is 4.74 Å². The molecule has 0 bridgehead atoms. The number of rotatable bonds is 4. The van der Waals surface area contributed by atoms with Crippen LogP contribution in [0.2, 0.25) is 0 Å². The zero-order valence-corrected chi connectivity index (χ0v) is 11.8. The van der Waals surface area contributed by atoms with Gasteiger partial charge in [0.1, 0.15) is 18.4 Å². The van der Waals surface area contributed by atoms with Crippen molar-refractivity contribution < 1.29 is 42.8 Å². The Hall–Kier alpha value is -1.39. The molecular weight excluding hydrogens is 311 g/mol. The van der Waals surface area contributed by atoms with Gasteiger partial charge in [0.15, 0.2) is 0 Å². The molecule has 0 aromatic heterocycles. The maximum atomic E-state index is 12.2. The number of alkyl halides is 3. The summed E-state index contributed by atoms with van der Waals surface area (Å²) in [4.78, 5) is 22.8. The molecule has 0 aliphatic carbocycles. The number of nitrogens with one attached hydrogen (secondary N) is 1. The number of carbonyl (C=O) groups excluding carboxylic acids is 2. The molecule has 0 aromatic carbocycles. The van der Waals surface area contributed by atoms with E-state index in [4.69, 9.17) is 0 Å². The summed E-state index contributed by atoms with van der Waals surface area (Å²) in [5.41, 5.74) is 0. The summed E-state index contributed by atoms with van der Waals surface area (Å²) in [6.45, 7) is 3.30. The van der Waals surface area contributed by atoms with Crippen molar-refractivity contribution in [1.29, 1.82) is 0 Å². The lowest BCUT2D eigenvalue weighted by Gasteiger charge is -2.44. The summed E-state index contributed by atoms with van der Waals surface area (Å²) in [7, 11) is 0. The van der Waals surface area contributed by atoms with Gasteiger partial charge in [-0.25, -0.2) is 0 Å². The van der Waals surface area contributed by atoms with Crippen molar-refractivity contribution >= 4 is 11.9 Å². The molecule has 0 radical (unpaired) electrons. The average molecular weight is 328 g/mol. The Morgan fingerprint density at radius 1 is 1.23 bits per heavy atom. The molecule has 1 aliphatic heterocycles. The number of esters is 1. The van der Waals surface area contributed by atoms with E-state index in [9.17, 15) is 38.1 Å². The first kappa shape index (κ1) is 18.7. The normalized spacial score (nSPS) is 32.8. The van der Waals surface area contributed by atoms with Crippen molar-refractivity contribution in [2.24, 2.45) is 23.7 Å². The topological polar surface area (TPSA) is 119 Å². The van der Waals surface area contributed by atoms with Gasteiger partial charge in [0.25, 0.3) is 0 Å². The highest BCUT2D eigenvalue weighted by Crippen LogP contribution is 2.37. The van der Waals surface area contributed by atoms with E-state index in [-0.39, 0.29) is 12.3 Å². The molecule has 22 heavy (non-hydrogen) atoms. The quantitative estimate of drug-likeness (QED) is 0.563. The lowest BCUT2D eigenvalue weighted by Crippen LogP contribution is -2.63. The Balaban J connectivity index is 3.12. The van der Waals surface area contributed by atoms with Crippen LogP contribution in [0.15, 0.2) is 0 Å². The maximum absolute atomic E-state index is 12.2. The third-order valence-electron chi connectivity index (χ3n) is 3.45. The first-order valence-corrected chi connectivity index (χ1v) is 6.56. The van der Waals surface area contributed by atoms with Gasteiger partial charge in [-0.15, -0.1) is 13.2 Å². The second kappa shape index (κ2) is 6.80. The molecule has 0 saturated carbocycles. The standard InChI is InChI=1S/C12H18F3NO6/c1-4(2)3-5-6(10(19)20)8(17)16-9(18)7(5)11(21)22-12(13,14)15/h4-9,16-18H,3H2,1-2H3,(H,19,20)/p-1. The Bertz CT molecular complexity index is 428.